The van der Waals surface area contributed by atoms with E-state index in [0.29, 0.717) is 63.0 Å². The molecule has 5 fully saturated rings. The molecule has 74 heavy (non-hydrogen) atoms. The number of pyridine rings is 2. The number of ether oxygens (including phenoxy) is 2. The van der Waals surface area contributed by atoms with Crippen LogP contribution in [0.5, 0.6) is 17.4 Å². The predicted molar refractivity (Wildman–Crippen MR) is 277 cm³/mol. The highest BCUT2D eigenvalue weighted by atomic mass is 32.2. The number of piperidine rings is 1. The van der Waals surface area contributed by atoms with E-state index in [2.05, 4.69) is 73.1 Å². The molecule has 3 saturated heterocycles. The van der Waals surface area contributed by atoms with Gasteiger partial charge in [0.2, 0.25) is 5.82 Å². The fourth-order valence-electron chi connectivity index (χ4n) is 11.9. The van der Waals surface area contributed by atoms with Gasteiger partial charge in [-0.3, -0.25) is 24.7 Å². The molecule has 0 unspecified atom stereocenters. The lowest BCUT2D eigenvalue weighted by atomic mass is 9.59. The van der Waals surface area contributed by atoms with Gasteiger partial charge in [0.05, 0.1) is 46.3 Å². The molecule has 2 aliphatic carbocycles. The van der Waals surface area contributed by atoms with Crippen LogP contribution in [0, 0.1) is 27.3 Å². The van der Waals surface area contributed by atoms with Crippen molar-refractivity contribution in [3.63, 3.8) is 0 Å². The van der Waals surface area contributed by atoms with Crippen LogP contribution < -0.4 is 24.4 Å². The van der Waals surface area contributed by atoms with Gasteiger partial charge in [-0.05, 0) is 98.8 Å². The van der Waals surface area contributed by atoms with Gasteiger partial charge < -0.3 is 29.8 Å². The Balaban J connectivity index is 0.861. The monoisotopic (exact) mass is 1060 g/mol. The van der Waals surface area contributed by atoms with Crippen LogP contribution in [0.3, 0.4) is 0 Å². The predicted octanol–water partition coefficient (Wildman–Crippen LogP) is 7.31. The summed E-state index contributed by atoms with van der Waals surface area (Å²) >= 11 is 0. The number of aromatic amines is 1. The topological polar surface area (TPSA) is 243 Å². The standard InChI is InChI=1S/C52H64FN9O10S2/c1-32(2)38-7-5-6-8-39(38)44-29-60(36-30-73(67,68)31-36)19-20-61(44)35-24-52(25-35)15-17-59(18-16-52)34-9-10-40(45(21-34)72-46-23-41-42(53)28-56-47(41)57-50(46)71-4)49(63)58-74(69,70)37-22-43(62(65)66)48(55-27-37)54-26-33-11-13-51(3,64)14-12-33/h5-10,21-23,27-28,32-33,35-36,44,64H,11-20,24-26,29-31H2,1-4H3,(H,54,55)(H,56,57)(H,58,63)/t33?,44-,51?/m0/s1. The minimum atomic E-state index is -4.75. The van der Waals surface area contributed by atoms with Crippen molar-refractivity contribution in [3.05, 3.63) is 99.6 Å². The fourth-order valence-corrected chi connectivity index (χ4v) is 14.3. The van der Waals surface area contributed by atoms with Crippen molar-refractivity contribution in [3.8, 4) is 17.4 Å². The lowest BCUT2D eigenvalue weighted by Gasteiger charge is -2.59. The van der Waals surface area contributed by atoms with Gasteiger partial charge >= 0.3 is 5.69 Å². The number of sulfonamides is 1. The van der Waals surface area contributed by atoms with Crippen molar-refractivity contribution in [2.24, 2.45) is 11.3 Å². The van der Waals surface area contributed by atoms with Crippen molar-refractivity contribution in [2.45, 2.75) is 107 Å². The van der Waals surface area contributed by atoms with Crippen molar-refractivity contribution >= 4 is 54.0 Å². The summed E-state index contributed by atoms with van der Waals surface area (Å²) in [6.45, 7) is 10.4. The molecule has 0 bridgehead atoms. The van der Waals surface area contributed by atoms with E-state index >= 15 is 0 Å². The normalized spacial score (nSPS) is 23.6. The lowest BCUT2D eigenvalue weighted by molar-refractivity contribution is -0.384. The van der Waals surface area contributed by atoms with E-state index in [9.17, 15) is 41.2 Å². The van der Waals surface area contributed by atoms with E-state index in [1.165, 1.54) is 30.4 Å². The molecule has 2 saturated carbocycles. The summed E-state index contributed by atoms with van der Waals surface area (Å²) in [4.78, 5) is 43.5. The zero-order valence-electron chi connectivity index (χ0n) is 42.1. The molecule has 3 aliphatic heterocycles. The smallest absolute Gasteiger partial charge is 0.312 e. The molecule has 3 aromatic heterocycles. The highest BCUT2D eigenvalue weighted by Crippen LogP contribution is 2.54. The van der Waals surface area contributed by atoms with E-state index in [-0.39, 0.29) is 74.7 Å². The van der Waals surface area contributed by atoms with Crippen LogP contribution >= 0.6 is 0 Å². The number of aromatic nitrogens is 3. The average Bonchev–Trinajstić information content (AvgIpc) is 3.73. The van der Waals surface area contributed by atoms with Gasteiger partial charge in [-0.2, -0.15) is 4.98 Å². The van der Waals surface area contributed by atoms with Crippen LogP contribution in [-0.4, -0.2) is 133 Å². The van der Waals surface area contributed by atoms with E-state index in [1.807, 2.05) is 4.72 Å². The molecule has 396 valence electrons. The number of nitrogens with zero attached hydrogens (tertiary/aromatic N) is 6. The van der Waals surface area contributed by atoms with Crippen LogP contribution in [-0.2, 0) is 19.9 Å². The molecule has 10 rings (SSSR count). The van der Waals surface area contributed by atoms with Gasteiger partial charge in [0.15, 0.2) is 15.6 Å². The number of piperazine rings is 1. The molecule has 5 aromatic rings. The summed E-state index contributed by atoms with van der Waals surface area (Å²) in [5.41, 5.74) is 2.10. The van der Waals surface area contributed by atoms with Gasteiger partial charge in [-0.1, -0.05) is 38.1 Å². The molecule has 6 heterocycles. The Morgan fingerprint density at radius 1 is 1.01 bits per heavy atom. The second-order valence-corrected chi connectivity index (χ2v) is 25.5. The van der Waals surface area contributed by atoms with Crippen LogP contribution in [0.15, 0.2) is 71.9 Å². The van der Waals surface area contributed by atoms with Crippen molar-refractivity contribution in [1.82, 2.24) is 29.5 Å². The maximum atomic E-state index is 14.9. The number of amides is 1. The van der Waals surface area contributed by atoms with Gasteiger partial charge in [-0.15, -0.1) is 0 Å². The zero-order valence-corrected chi connectivity index (χ0v) is 43.7. The Labute approximate surface area is 430 Å². The van der Waals surface area contributed by atoms with Crippen LogP contribution in [0.2, 0.25) is 0 Å². The number of hydrogen-bond acceptors (Lipinski definition) is 16. The number of H-pyrrole nitrogens is 1. The number of nitro groups is 1. The second-order valence-electron chi connectivity index (χ2n) is 21.7. The van der Waals surface area contributed by atoms with Gasteiger partial charge in [0, 0.05) is 87.5 Å². The number of fused-ring (bicyclic) bond motifs is 1. The van der Waals surface area contributed by atoms with Crippen LogP contribution in [0.1, 0.15) is 106 Å². The summed E-state index contributed by atoms with van der Waals surface area (Å²) < 4.78 is 80.9. The maximum Gasteiger partial charge on any atom is 0.312 e. The minimum absolute atomic E-state index is 0.0297. The molecule has 2 aromatic carbocycles. The summed E-state index contributed by atoms with van der Waals surface area (Å²) in [5.74, 6) is -1.06. The number of carbonyl (C=O) groups excluding carboxylic acids is 1. The number of halogens is 1. The molecular weight excluding hydrogens is 994 g/mol. The summed E-state index contributed by atoms with van der Waals surface area (Å²) in [6.07, 6.45) is 8.55. The minimum Gasteiger partial charge on any atom is -0.478 e. The molecule has 4 N–H and O–H groups in total. The Morgan fingerprint density at radius 2 is 1.74 bits per heavy atom. The SMILES string of the molecule is COc1nc2[nH]cc(F)c2cc1Oc1cc(N2CCC3(CC2)CC(N2CCN(C4CS(=O)(=O)C4)C[C@H]2c2ccccc2C(C)C)C3)ccc1C(=O)NS(=O)(=O)c1cnc(NCC2CCC(C)(O)CC2)c([N+](=O)[O-])c1. The largest absolute Gasteiger partial charge is 0.478 e. The number of hydrogen-bond donors (Lipinski definition) is 4. The molecule has 1 spiro atoms. The zero-order chi connectivity index (χ0) is 52.3. The number of aliphatic hydroxyl groups is 1. The van der Waals surface area contributed by atoms with Gasteiger partial charge in [0.25, 0.3) is 21.8 Å². The number of carbonyl (C=O) groups is 1. The number of benzene rings is 2. The van der Waals surface area contributed by atoms with Gasteiger partial charge in [-0.25, -0.2) is 30.9 Å². The third-order valence-corrected chi connectivity index (χ3v) is 19.4. The summed E-state index contributed by atoms with van der Waals surface area (Å²) in [5, 5.41) is 25.6. The third-order valence-electron chi connectivity index (χ3n) is 16.3. The first-order valence-corrected chi connectivity index (χ1v) is 28.8. The number of methoxy groups -OCH3 is 1. The first kappa shape index (κ1) is 51.5. The maximum absolute atomic E-state index is 14.9. The van der Waals surface area contributed by atoms with E-state index < -0.39 is 52.7 Å². The van der Waals surface area contributed by atoms with Crippen molar-refractivity contribution in [2.75, 3.05) is 68.1 Å². The molecular formula is C52H64FN9O10S2. The first-order chi connectivity index (χ1) is 35.2. The van der Waals surface area contributed by atoms with Gasteiger partial charge in [0.1, 0.15) is 22.1 Å². The number of rotatable bonds is 15. The Morgan fingerprint density at radius 3 is 2.43 bits per heavy atom. The van der Waals surface area contributed by atoms with E-state index in [0.717, 1.165) is 63.8 Å². The third kappa shape index (κ3) is 10.5. The average molecular weight is 1060 g/mol. The molecule has 1 amide bonds. The van der Waals surface area contributed by atoms with Crippen molar-refractivity contribution in [1.29, 1.82) is 0 Å². The molecule has 19 nitrogen and oxygen atoms in total. The van der Waals surface area contributed by atoms with Crippen LogP contribution in [0.25, 0.3) is 11.0 Å². The first-order valence-electron chi connectivity index (χ1n) is 25.4. The Hall–Kier alpha value is -5.94. The van der Waals surface area contributed by atoms with E-state index in [4.69, 9.17) is 9.47 Å². The number of nitrogens with one attached hydrogen (secondary N) is 3. The highest BCUT2D eigenvalue weighted by Gasteiger charge is 2.51. The number of anilines is 2. The summed E-state index contributed by atoms with van der Waals surface area (Å²) in [7, 11) is -6.36. The lowest BCUT2D eigenvalue weighted by Crippen LogP contribution is -2.63. The van der Waals surface area contributed by atoms with Crippen molar-refractivity contribution < 1.29 is 45.5 Å². The second kappa shape index (κ2) is 20.0. The fraction of sp³-hybridized carbons (Fsp3) is 0.519. The Kier molecular flexibility index (Phi) is 13.9. The highest BCUT2D eigenvalue weighted by molar-refractivity contribution is 7.92. The van der Waals surface area contributed by atoms with Crippen LogP contribution in [0.4, 0.5) is 21.6 Å². The molecule has 1 atom stereocenters. The van der Waals surface area contributed by atoms with E-state index in [1.54, 1.807) is 19.1 Å². The summed E-state index contributed by atoms with van der Waals surface area (Å²) in [6, 6.07) is 16.2. The Bertz CT molecular complexity index is 3170. The molecule has 0 radical (unpaired) electrons. The molecule has 5 aliphatic rings. The number of sulfone groups is 1. The molecule has 22 heteroatoms. The quantitative estimate of drug-likeness (QED) is 0.0593.